The van der Waals surface area contributed by atoms with Gasteiger partial charge in [0.15, 0.2) is 0 Å². The van der Waals surface area contributed by atoms with Gasteiger partial charge in [0.05, 0.1) is 11.6 Å². The number of ether oxygens (including phenoxy) is 1. The molecule has 0 saturated carbocycles. The van der Waals surface area contributed by atoms with Gasteiger partial charge in [-0.3, -0.25) is 0 Å². The molecule has 0 aliphatic carbocycles. The number of aryl methyl sites for hydroxylation is 1. The average Bonchev–Trinajstić information content (AvgIpc) is 2.18. The van der Waals surface area contributed by atoms with Crippen LogP contribution in [0.2, 0.25) is 5.02 Å². The van der Waals surface area contributed by atoms with Gasteiger partial charge in [-0.2, -0.15) is 0 Å². The number of halogens is 1. The summed E-state index contributed by atoms with van der Waals surface area (Å²) >= 11 is 6.34. The van der Waals surface area contributed by atoms with E-state index < -0.39 is 0 Å². The van der Waals surface area contributed by atoms with Crippen LogP contribution in [0.3, 0.4) is 0 Å². The minimum absolute atomic E-state index is 0.526. The van der Waals surface area contributed by atoms with E-state index in [0.717, 1.165) is 30.2 Å². The molecule has 0 bridgehead atoms. The molecule has 1 atom stereocenters. The molecular formula is C12H15ClO. The van der Waals surface area contributed by atoms with Gasteiger partial charge in [-0.05, 0) is 30.4 Å². The molecule has 0 N–H and O–H groups in total. The van der Waals surface area contributed by atoms with E-state index in [1.165, 1.54) is 11.1 Å². The first-order valence-electron chi connectivity index (χ1n) is 5.18. The quantitative estimate of drug-likeness (QED) is 0.686. The van der Waals surface area contributed by atoms with Crippen LogP contribution in [-0.2, 0) is 6.42 Å². The van der Waals surface area contributed by atoms with Crippen molar-refractivity contribution in [3.63, 3.8) is 0 Å². The summed E-state index contributed by atoms with van der Waals surface area (Å²) in [7, 11) is 0. The van der Waals surface area contributed by atoms with Gasteiger partial charge in [0.25, 0.3) is 0 Å². The third-order valence-corrected chi connectivity index (χ3v) is 3.35. The Bertz CT molecular complexity index is 346. The fourth-order valence-electron chi connectivity index (χ4n) is 1.97. The van der Waals surface area contributed by atoms with Gasteiger partial charge < -0.3 is 4.74 Å². The first-order valence-corrected chi connectivity index (χ1v) is 5.56. The van der Waals surface area contributed by atoms with Crippen molar-refractivity contribution in [2.24, 2.45) is 0 Å². The Morgan fingerprint density at radius 3 is 3.00 bits per heavy atom. The van der Waals surface area contributed by atoms with Crippen molar-refractivity contribution in [1.82, 2.24) is 0 Å². The van der Waals surface area contributed by atoms with Crippen molar-refractivity contribution in [2.45, 2.75) is 32.6 Å². The molecule has 1 aliphatic rings. The van der Waals surface area contributed by atoms with Crippen LogP contribution >= 0.6 is 11.6 Å². The standard InChI is InChI=1S/C12H15ClO/c1-3-9-4-5-10-11(12(9)13)8(2)6-7-14-10/h4-5,8H,3,6-7H2,1-2H3/t8-/m0/s1. The van der Waals surface area contributed by atoms with Crippen molar-refractivity contribution >= 4 is 11.6 Å². The Labute approximate surface area is 90.0 Å². The molecule has 0 fully saturated rings. The van der Waals surface area contributed by atoms with Crippen molar-refractivity contribution < 1.29 is 4.74 Å². The van der Waals surface area contributed by atoms with Crippen molar-refractivity contribution in [2.75, 3.05) is 6.61 Å². The van der Waals surface area contributed by atoms with Crippen molar-refractivity contribution in [1.29, 1.82) is 0 Å². The molecule has 1 nitrogen and oxygen atoms in total. The molecule has 14 heavy (non-hydrogen) atoms. The highest BCUT2D eigenvalue weighted by Crippen LogP contribution is 2.40. The normalized spacial score (nSPS) is 20.1. The van der Waals surface area contributed by atoms with Crippen molar-refractivity contribution in [3.05, 3.63) is 28.3 Å². The van der Waals surface area contributed by atoms with E-state index >= 15 is 0 Å². The van der Waals surface area contributed by atoms with Crippen molar-refractivity contribution in [3.8, 4) is 5.75 Å². The van der Waals surface area contributed by atoms with E-state index in [-0.39, 0.29) is 0 Å². The number of rotatable bonds is 1. The van der Waals surface area contributed by atoms with E-state index in [0.29, 0.717) is 5.92 Å². The van der Waals surface area contributed by atoms with Gasteiger partial charge in [-0.25, -0.2) is 0 Å². The van der Waals surface area contributed by atoms with E-state index in [2.05, 4.69) is 26.0 Å². The summed E-state index contributed by atoms with van der Waals surface area (Å²) in [6, 6.07) is 4.12. The number of hydrogen-bond acceptors (Lipinski definition) is 1. The molecule has 0 amide bonds. The van der Waals surface area contributed by atoms with Gasteiger partial charge in [0, 0.05) is 5.56 Å². The second-order valence-electron chi connectivity index (χ2n) is 3.84. The Balaban J connectivity index is 2.54. The van der Waals surface area contributed by atoms with Crippen LogP contribution < -0.4 is 4.74 Å². The van der Waals surface area contributed by atoms with Crippen LogP contribution in [0.5, 0.6) is 5.75 Å². The minimum Gasteiger partial charge on any atom is -0.493 e. The Hall–Kier alpha value is -0.690. The lowest BCUT2D eigenvalue weighted by Gasteiger charge is -2.25. The van der Waals surface area contributed by atoms with Gasteiger partial charge in [0.1, 0.15) is 5.75 Å². The summed E-state index contributed by atoms with van der Waals surface area (Å²) in [5.74, 6) is 1.50. The van der Waals surface area contributed by atoms with E-state index in [1.54, 1.807) is 0 Å². The molecule has 2 heteroatoms. The fraction of sp³-hybridized carbons (Fsp3) is 0.500. The SMILES string of the molecule is CCc1ccc2c(c1Cl)[C@@H](C)CCO2. The largest absolute Gasteiger partial charge is 0.493 e. The maximum atomic E-state index is 6.34. The Morgan fingerprint density at radius 2 is 2.29 bits per heavy atom. The maximum Gasteiger partial charge on any atom is 0.124 e. The summed E-state index contributed by atoms with van der Waals surface area (Å²) < 4.78 is 5.59. The molecule has 76 valence electrons. The molecule has 1 aliphatic heterocycles. The third-order valence-electron chi connectivity index (χ3n) is 2.90. The summed E-state index contributed by atoms with van der Waals surface area (Å²) in [5, 5.41) is 0.914. The second kappa shape index (κ2) is 3.82. The maximum absolute atomic E-state index is 6.34. The van der Waals surface area contributed by atoms with E-state index in [4.69, 9.17) is 16.3 Å². The summed E-state index contributed by atoms with van der Waals surface area (Å²) in [5.41, 5.74) is 2.43. The molecule has 1 aromatic rings. The lowest BCUT2D eigenvalue weighted by Crippen LogP contribution is -2.13. The van der Waals surface area contributed by atoms with Gasteiger partial charge in [-0.15, -0.1) is 0 Å². The van der Waals surface area contributed by atoms with E-state index in [9.17, 15) is 0 Å². The van der Waals surface area contributed by atoms with Gasteiger partial charge >= 0.3 is 0 Å². The smallest absolute Gasteiger partial charge is 0.124 e. The first kappa shape index (κ1) is 9.85. The number of benzene rings is 1. The first-order chi connectivity index (χ1) is 6.74. The Morgan fingerprint density at radius 1 is 1.50 bits per heavy atom. The molecule has 2 rings (SSSR count). The molecule has 0 spiro atoms. The highest BCUT2D eigenvalue weighted by molar-refractivity contribution is 6.32. The Kier molecular flexibility index (Phi) is 2.69. The second-order valence-corrected chi connectivity index (χ2v) is 4.22. The van der Waals surface area contributed by atoms with Gasteiger partial charge in [0.2, 0.25) is 0 Å². The van der Waals surface area contributed by atoms with Crippen LogP contribution in [0.15, 0.2) is 12.1 Å². The highest BCUT2D eigenvalue weighted by Gasteiger charge is 2.21. The summed E-state index contributed by atoms with van der Waals surface area (Å²) in [6.07, 6.45) is 2.05. The minimum atomic E-state index is 0.526. The zero-order chi connectivity index (χ0) is 10.1. The number of fused-ring (bicyclic) bond motifs is 1. The molecule has 0 unspecified atom stereocenters. The zero-order valence-electron chi connectivity index (χ0n) is 8.64. The predicted octanol–water partition coefficient (Wildman–Crippen LogP) is 3.79. The summed E-state index contributed by atoms with van der Waals surface area (Å²) in [6.45, 7) is 5.16. The monoisotopic (exact) mass is 210 g/mol. The topological polar surface area (TPSA) is 9.23 Å². The fourth-order valence-corrected chi connectivity index (χ4v) is 2.44. The highest BCUT2D eigenvalue weighted by atomic mass is 35.5. The molecular weight excluding hydrogens is 196 g/mol. The van der Waals surface area contributed by atoms with Crippen LogP contribution in [0.25, 0.3) is 0 Å². The van der Waals surface area contributed by atoms with Crippen LogP contribution in [-0.4, -0.2) is 6.61 Å². The molecule has 0 saturated heterocycles. The lowest BCUT2D eigenvalue weighted by atomic mass is 9.93. The number of hydrogen-bond donors (Lipinski definition) is 0. The third kappa shape index (κ3) is 1.50. The molecule has 0 radical (unpaired) electrons. The molecule has 1 aromatic carbocycles. The molecule has 1 heterocycles. The van der Waals surface area contributed by atoms with Crippen LogP contribution in [0.1, 0.15) is 37.3 Å². The van der Waals surface area contributed by atoms with Crippen LogP contribution in [0, 0.1) is 0 Å². The van der Waals surface area contributed by atoms with Gasteiger partial charge in [-0.1, -0.05) is 31.5 Å². The van der Waals surface area contributed by atoms with E-state index in [1.807, 2.05) is 0 Å². The average molecular weight is 211 g/mol. The van der Waals surface area contributed by atoms with Crippen LogP contribution in [0.4, 0.5) is 0 Å². The molecule has 0 aromatic heterocycles. The predicted molar refractivity (Wildman–Crippen MR) is 59.4 cm³/mol. The lowest BCUT2D eigenvalue weighted by molar-refractivity contribution is 0.272. The zero-order valence-corrected chi connectivity index (χ0v) is 9.40. The summed E-state index contributed by atoms with van der Waals surface area (Å²) in [4.78, 5) is 0.